The topological polar surface area (TPSA) is 46.9 Å². The molecular weight excluding hydrogens is 318 g/mol. The van der Waals surface area contributed by atoms with Crippen LogP contribution < -0.4 is 10.9 Å². The van der Waals surface area contributed by atoms with E-state index >= 15 is 0 Å². The smallest absolute Gasteiger partial charge is 0.283 e. The molecule has 1 aliphatic carbocycles. The normalized spacial score (nSPS) is 17.1. The number of nitrogens with zero attached hydrogens (tertiary/aromatic N) is 2. The van der Waals surface area contributed by atoms with E-state index in [0.29, 0.717) is 22.4 Å². The van der Waals surface area contributed by atoms with Gasteiger partial charge in [0, 0.05) is 13.1 Å². The van der Waals surface area contributed by atoms with Crippen LogP contribution in [0.4, 0.5) is 5.69 Å². The van der Waals surface area contributed by atoms with Crippen molar-refractivity contribution in [2.45, 2.75) is 53.0 Å². The van der Waals surface area contributed by atoms with Crippen LogP contribution in [-0.2, 0) is 6.54 Å². The van der Waals surface area contributed by atoms with Crippen LogP contribution in [0.3, 0.4) is 0 Å². The van der Waals surface area contributed by atoms with Crippen molar-refractivity contribution in [2.24, 2.45) is 11.3 Å². The number of halogens is 1. The second-order valence-electron chi connectivity index (χ2n) is 6.31. The van der Waals surface area contributed by atoms with Crippen LogP contribution in [0.5, 0.6) is 0 Å². The Bertz CT molecular complexity index is 515. The van der Waals surface area contributed by atoms with Crippen molar-refractivity contribution in [3.05, 3.63) is 21.0 Å². The van der Waals surface area contributed by atoms with Gasteiger partial charge in [-0.25, -0.2) is 4.68 Å². The van der Waals surface area contributed by atoms with E-state index in [1.165, 1.54) is 30.4 Å². The molecule has 1 heterocycles. The van der Waals surface area contributed by atoms with E-state index in [4.69, 9.17) is 0 Å². The Labute approximate surface area is 129 Å². The van der Waals surface area contributed by atoms with Crippen LogP contribution in [0.25, 0.3) is 0 Å². The SMILES string of the molecule is CCC1(CNc2cnn(CC(C)C)c(=O)c2Br)CCC1. The summed E-state index contributed by atoms with van der Waals surface area (Å²) in [6, 6.07) is 0. The molecule has 1 fully saturated rings. The predicted octanol–water partition coefficient (Wildman–Crippen LogP) is 3.65. The second-order valence-corrected chi connectivity index (χ2v) is 7.11. The molecule has 1 saturated carbocycles. The number of nitrogens with one attached hydrogen (secondary N) is 1. The molecule has 4 nitrogen and oxygen atoms in total. The number of hydrogen-bond donors (Lipinski definition) is 1. The standard InChI is InChI=1S/C15H24BrN3O/c1-4-15(6-5-7-15)10-17-12-8-18-19(9-11(2)3)14(20)13(12)16/h8,11,17H,4-7,9-10H2,1-3H3. The molecule has 0 bridgehead atoms. The fourth-order valence-corrected chi connectivity index (χ4v) is 3.13. The third-order valence-electron chi connectivity index (χ3n) is 4.34. The molecule has 1 aliphatic rings. The van der Waals surface area contributed by atoms with Gasteiger partial charge in [-0.1, -0.05) is 27.2 Å². The van der Waals surface area contributed by atoms with E-state index in [0.717, 1.165) is 12.2 Å². The largest absolute Gasteiger partial charge is 0.382 e. The van der Waals surface area contributed by atoms with Gasteiger partial charge in [0.25, 0.3) is 5.56 Å². The van der Waals surface area contributed by atoms with E-state index in [1.54, 1.807) is 6.20 Å². The zero-order valence-corrected chi connectivity index (χ0v) is 14.2. The van der Waals surface area contributed by atoms with Crippen LogP contribution in [0.1, 0.15) is 46.5 Å². The van der Waals surface area contributed by atoms with Crippen LogP contribution in [-0.4, -0.2) is 16.3 Å². The van der Waals surface area contributed by atoms with Crippen molar-refractivity contribution in [3.63, 3.8) is 0 Å². The van der Waals surface area contributed by atoms with Gasteiger partial charge in [0.1, 0.15) is 4.47 Å². The number of hydrogen-bond acceptors (Lipinski definition) is 3. The van der Waals surface area contributed by atoms with E-state index in [1.807, 2.05) is 0 Å². The monoisotopic (exact) mass is 341 g/mol. The van der Waals surface area contributed by atoms with E-state index in [-0.39, 0.29) is 5.56 Å². The second kappa shape index (κ2) is 6.29. The molecule has 5 heteroatoms. The fourth-order valence-electron chi connectivity index (χ4n) is 2.68. The summed E-state index contributed by atoms with van der Waals surface area (Å²) in [5, 5.41) is 7.67. The molecule has 0 spiro atoms. The maximum atomic E-state index is 12.2. The first-order valence-corrected chi connectivity index (χ1v) is 8.26. The third-order valence-corrected chi connectivity index (χ3v) is 5.11. The van der Waals surface area contributed by atoms with Gasteiger partial charge >= 0.3 is 0 Å². The van der Waals surface area contributed by atoms with Gasteiger partial charge in [-0.05, 0) is 46.5 Å². The van der Waals surface area contributed by atoms with Gasteiger partial charge in [-0.2, -0.15) is 5.10 Å². The molecule has 1 aromatic rings. The lowest BCUT2D eigenvalue weighted by Crippen LogP contribution is -2.36. The van der Waals surface area contributed by atoms with Gasteiger partial charge in [-0.3, -0.25) is 4.79 Å². The fraction of sp³-hybridized carbons (Fsp3) is 0.733. The lowest BCUT2D eigenvalue weighted by atomic mass is 9.67. The highest BCUT2D eigenvalue weighted by Crippen LogP contribution is 2.43. The number of aromatic nitrogens is 2. The molecule has 1 aromatic heterocycles. The number of rotatable bonds is 6. The highest BCUT2D eigenvalue weighted by molar-refractivity contribution is 9.10. The number of anilines is 1. The van der Waals surface area contributed by atoms with Crippen LogP contribution in [0, 0.1) is 11.3 Å². The minimum absolute atomic E-state index is 0.0529. The summed E-state index contributed by atoms with van der Waals surface area (Å²) in [5.41, 5.74) is 1.18. The maximum absolute atomic E-state index is 12.2. The Morgan fingerprint density at radius 3 is 2.70 bits per heavy atom. The molecule has 0 unspecified atom stereocenters. The molecule has 0 radical (unpaired) electrons. The molecule has 0 atom stereocenters. The molecule has 20 heavy (non-hydrogen) atoms. The molecule has 0 aromatic carbocycles. The van der Waals surface area contributed by atoms with Gasteiger partial charge in [0.15, 0.2) is 0 Å². The van der Waals surface area contributed by atoms with Gasteiger partial charge in [0.05, 0.1) is 11.9 Å². The van der Waals surface area contributed by atoms with Crippen molar-refractivity contribution in [1.82, 2.24) is 9.78 Å². The highest BCUT2D eigenvalue weighted by atomic mass is 79.9. The van der Waals surface area contributed by atoms with E-state index in [2.05, 4.69) is 47.1 Å². The zero-order chi connectivity index (χ0) is 14.8. The summed E-state index contributed by atoms with van der Waals surface area (Å²) in [4.78, 5) is 12.2. The average molecular weight is 342 g/mol. The van der Waals surface area contributed by atoms with Crippen molar-refractivity contribution >= 4 is 21.6 Å². The van der Waals surface area contributed by atoms with Crippen molar-refractivity contribution in [3.8, 4) is 0 Å². The third kappa shape index (κ3) is 3.25. The molecule has 112 valence electrons. The molecule has 0 amide bonds. The molecular formula is C15H24BrN3O. The quantitative estimate of drug-likeness (QED) is 0.858. The first-order chi connectivity index (χ1) is 9.47. The Morgan fingerprint density at radius 2 is 2.20 bits per heavy atom. The minimum atomic E-state index is -0.0529. The predicted molar refractivity (Wildman–Crippen MR) is 86.1 cm³/mol. The highest BCUT2D eigenvalue weighted by Gasteiger charge is 2.34. The van der Waals surface area contributed by atoms with E-state index < -0.39 is 0 Å². The summed E-state index contributed by atoms with van der Waals surface area (Å²) >= 11 is 3.41. The van der Waals surface area contributed by atoms with Crippen molar-refractivity contribution in [2.75, 3.05) is 11.9 Å². The molecule has 1 N–H and O–H groups in total. The lowest BCUT2D eigenvalue weighted by Gasteiger charge is -2.41. The summed E-state index contributed by atoms with van der Waals surface area (Å²) in [5.74, 6) is 0.407. The van der Waals surface area contributed by atoms with Gasteiger partial charge in [0.2, 0.25) is 0 Å². The molecule has 0 aliphatic heterocycles. The Balaban J connectivity index is 2.09. The van der Waals surface area contributed by atoms with Crippen LogP contribution in [0.2, 0.25) is 0 Å². The Morgan fingerprint density at radius 1 is 1.50 bits per heavy atom. The van der Waals surface area contributed by atoms with Crippen LogP contribution >= 0.6 is 15.9 Å². The molecule has 0 saturated heterocycles. The Hall–Kier alpha value is -0.840. The first-order valence-electron chi connectivity index (χ1n) is 7.47. The van der Waals surface area contributed by atoms with Crippen LogP contribution in [0.15, 0.2) is 15.5 Å². The van der Waals surface area contributed by atoms with Crippen molar-refractivity contribution < 1.29 is 0 Å². The summed E-state index contributed by atoms with van der Waals surface area (Å²) in [6.07, 6.45) is 6.84. The Kier molecular flexibility index (Phi) is 4.89. The average Bonchev–Trinajstić information content (AvgIpc) is 2.36. The summed E-state index contributed by atoms with van der Waals surface area (Å²) < 4.78 is 2.12. The minimum Gasteiger partial charge on any atom is -0.382 e. The van der Waals surface area contributed by atoms with Gasteiger partial charge in [-0.15, -0.1) is 0 Å². The first kappa shape index (κ1) is 15.5. The van der Waals surface area contributed by atoms with Crippen molar-refractivity contribution in [1.29, 1.82) is 0 Å². The zero-order valence-electron chi connectivity index (χ0n) is 12.6. The summed E-state index contributed by atoms with van der Waals surface area (Å²) in [7, 11) is 0. The maximum Gasteiger partial charge on any atom is 0.283 e. The van der Waals surface area contributed by atoms with E-state index in [9.17, 15) is 4.79 Å². The van der Waals surface area contributed by atoms with Gasteiger partial charge < -0.3 is 5.32 Å². The molecule has 2 rings (SSSR count). The lowest BCUT2D eigenvalue weighted by molar-refractivity contribution is 0.145. The summed E-state index contributed by atoms with van der Waals surface area (Å²) in [6.45, 7) is 7.98.